The Bertz CT molecular complexity index is 1050. The SMILES string of the molecule is CC(=O)c1cccc(S(=O)(=O)Nc2ccccc2C(=O)NCC(=O)C(C)(C)C)c1. The number of para-hydroxylation sites is 1. The molecule has 154 valence electrons. The molecule has 0 saturated heterocycles. The third-order valence-corrected chi connectivity index (χ3v) is 5.58. The van der Waals surface area contributed by atoms with E-state index in [1.165, 1.54) is 43.3 Å². The van der Waals surface area contributed by atoms with Gasteiger partial charge in [0.05, 0.1) is 22.7 Å². The maximum absolute atomic E-state index is 12.7. The summed E-state index contributed by atoms with van der Waals surface area (Å²) in [5.74, 6) is -0.978. The second kappa shape index (κ2) is 8.57. The maximum Gasteiger partial charge on any atom is 0.261 e. The van der Waals surface area contributed by atoms with Crippen molar-refractivity contribution in [1.29, 1.82) is 0 Å². The van der Waals surface area contributed by atoms with Crippen molar-refractivity contribution >= 4 is 33.2 Å². The molecule has 2 aromatic rings. The number of hydrogen-bond donors (Lipinski definition) is 2. The Morgan fingerprint density at radius 2 is 1.62 bits per heavy atom. The van der Waals surface area contributed by atoms with Crippen LogP contribution in [0.5, 0.6) is 0 Å². The van der Waals surface area contributed by atoms with E-state index in [0.29, 0.717) is 0 Å². The number of carbonyl (C=O) groups excluding carboxylic acids is 3. The molecule has 0 aliphatic rings. The number of carbonyl (C=O) groups is 3. The van der Waals surface area contributed by atoms with Gasteiger partial charge in [0, 0.05) is 11.0 Å². The van der Waals surface area contributed by atoms with Crippen LogP contribution in [0.25, 0.3) is 0 Å². The zero-order valence-electron chi connectivity index (χ0n) is 16.8. The van der Waals surface area contributed by atoms with E-state index in [4.69, 9.17) is 0 Å². The minimum absolute atomic E-state index is 0.0708. The van der Waals surface area contributed by atoms with Crippen molar-refractivity contribution in [1.82, 2.24) is 5.32 Å². The number of sulfonamides is 1. The Morgan fingerprint density at radius 3 is 2.24 bits per heavy atom. The van der Waals surface area contributed by atoms with Gasteiger partial charge in [0.1, 0.15) is 0 Å². The normalized spacial score (nSPS) is 11.6. The van der Waals surface area contributed by atoms with E-state index in [9.17, 15) is 22.8 Å². The van der Waals surface area contributed by atoms with Crippen LogP contribution in [0.4, 0.5) is 5.69 Å². The molecule has 2 rings (SSSR count). The first-order valence-electron chi connectivity index (χ1n) is 8.96. The summed E-state index contributed by atoms with van der Waals surface area (Å²) in [6.45, 7) is 6.43. The number of Topliss-reactive ketones (excluding diaryl/α,β-unsaturated/α-hetero) is 2. The van der Waals surface area contributed by atoms with Gasteiger partial charge in [-0.2, -0.15) is 0 Å². The van der Waals surface area contributed by atoms with Gasteiger partial charge in [-0.05, 0) is 31.2 Å². The Labute approximate surface area is 170 Å². The van der Waals surface area contributed by atoms with Gasteiger partial charge >= 0.3 is 0 Å². The van der Waals surface area contributed by atoms with E-state index in [-0.39, 0.29) is 39.8 Å². The van der Waals surface area contributed by atoms with E-state index in [1.54, 1.807) is 32.9 Å². The van der Waals surface area contributed by atoms with Gasteiger partial charge in [0.15, 0.2) is 11.6 Å². The van der Waals surface area contributed by atoms with E-state index in [0.717, 1.165) is 0 Å². The van der Waals surface area contributed by atoms with Crippen LogP contribution in [0.2, 0.25) is 0 Å². The Kier molecular flexibility index (Phi) is 6.58. The second-order valence-electron chi connectivity index (χ2n) is 7.59. The predicted octanol–water partition coefficient (Wildman–Crippen LogP) is 3.04. The number of nitrogens with one attached hydrogen (secondary N) is 2. The molecule has 7 nitrogen and oxygen atoms in total. The van der Waals surface area contributed by atoms with Crippen molar-refractivity contribution < 1.29 is 22.8 Å². The van der Waals surface area contributed by atoms with Crippen molar-refractivity contribution in [3.05, 3.63) is 59.7 Å². The van der Waals surface area contributed by atoms with Gasteiger partial charge < -0.3 is 5.32 Å². The van der Waals surface area contributed by atoms with Crippen LogP contribution in [0.3, 0.4) is 0 Å². The highest BCUT2D eigenvalue weighted by atomic mass is 32.2. The first kappa shape index (κ1) is 22.3. The van der Waals surface area contributed by atoms with E-state index in [2.05, 4.69) is 10.0 Å². The van der Waals surface area contributed by atoms with Gasteiger partial charge in [0.2, 0.25) is 0 Å². The molecule has 0 aliphatic carbocycles. The Morgan fingerprint density at radius 1 is 0.966 bits per heavy atom. The van der Waals surface area contributed by atoms with E-state index < -0.39 is 21.3 Å². The highest BCUT2D eigenvalue weighted by Crippen LogP contribution is 2.21. The molecular formula is C21H24N2O5S. The largest absolute Gasteiger partial charge is 0.345 e. The van der Waals surface area contributed by atoms with Gasteiger partial charge in [-0.1, -0.05) is 45.0 Å². The van der Waals surface area contributed by atoms with Crippen molar-refractivity contribution in [3.63, 3.8) is 0 Å². The summed E-state index contributed by atoms with van der Waals surface area (Å²) in [6.07, 6.45) is 0. The van der Waals surface area contributed by atoms with Crippen LogP contribution < -0.4 is 10.0 Å². The highest BCUT2D eigenvalue weighted by molar-refractivity contribution is 7.92. The molecule has 0 unspecified atom stereocenters. The smallest absolute Gasteiger partial charge is 0.261 e. The highest BCUT2D eigenvalue weighted by Gasteiger charge is 2.23. The van der Waals surface area contributed by atoms with Crippen LogP contribution in [0.1, 0.15) is 48.4 Å². The van der Waals surface area contributed by atoms with Crippen LogP contribution in [0, 0.1) is 5.41 Å². The fourth-order valence-corrected chi connectivity index (χ4v) is 3.50. The molecule has 0 spiro atoms. The molecule has 0 radical (unpaired) electrons. The van der Waals surface area contributed by atoms with Gasteiger partial charge in [-0.25, -0.2) is 8.42 Å². The molecule has 8 heteroatoms. The third-order valence-electron chi connectivity index (χ3n) is 4.21. The maximum atomic E-state index is 12.7. The fourth-order valence-electron chi connectivity index (χ4n) is 2.38. The quantitative estimate of drug-likeness (QED) is 0.674. The fraction of sp³-hybridized carbons (Fsp3) is 0.286. The second-order valence-corrected chi connectivity index (χ2v) is 9.27. The lowest BCUT2D eigenvalue weighted by molar-refractivity contribution is -0.125. The minimum atomic E-state index is -4.03. The monoisotopic (exact) mass is 416 g/mol. The number of benzene rings is 2. The average Bonchev–Trinajstić information content (AvgIpc) is 2.65. The molecule has 1 amide bonds. The summed E-state index contributed by atoms with van der Waals surface area (Å²) < 4.78 is 27.9. The molecule has 2 aromatic carbocycles. The Hall–Kier alpha value is -3.00. The molecule has 0 aliphatic heterocycles. The summed E-state index contributed by atoms with van der Waals surface area (Å²) in [5.41, 5.74) is -0.183. The zero-order chi connectivity index (χ0) is 21.8. The van der Waals surface area contributed by atoms with Crippen LogP contribution >= 0.6 is 0 Å². The molecular weight excluding hydrogens is 392 g/mol. The summed E-state index contributed by atoms with van der Waals surface area (Å²) in [5, 5.41) is 2.53. The summed E-state index contributed by atoms with van der Waals surface area (Å²) in [7, 11) is -4.03. The minimum Gasteiger partial charge on any atom is -0.345 e. The molecule has 0 atom stereocenters. The summed E-state index contributed by atoms with van der Waals surface area (Å²) >= 11 is 0. The van der Waals surface area contributed by atoms with Crippen molar-refractivity contribution in [3.8, 4) is 0 Å². The predicted molar refractivity (Wildman–Crippen MR) is 110 cm³/mol. The number of anilines is 1. The molecule has 0 bridgehead atoms. The number of hydrogen-bond acceptors (Lipinski definition) is 5. The zero-order valence-corrected chi connectivity index (χ0v) is 17.6. The lowest BCUT2D eigenvalue weighted by atomic mass is 9.91. The standard InChI is InChI=1S/C21H24N2O5S/c1-14(24)15-8-7-9-16(12-15)29(27,28)23-18-11-6-5-10-17(18)20(26)22-13-19(25)21(2,3)4/h5-12,23H,13H2,1-4H3,(H,22,26). The molecule has 2 N–H and O–H groups in total. The van der Waals surface area contributed by atoms with Gasteiger partial charge in [0.25, 0.3) is 15.9 Å². The molecule has 0 fully saturated rings. The summed E-state index contributed by atoms with van der Waals surface area (Å²) in [6, 6.07) is 11.7. The van der Waals surface area contributed by atoms with Crippen molar-refractivity contribution in [2.75, 3.05) is 11.3 Å². The first-order valence-corrected chi connectivity index (χ1v) is 10.4. The number of rotatable bonds is 7. The van der Waals surface area contributed by atoms with Crippen molar-refractivity contribution in [2.45, 2.75) is 32.6 Å². The molecule has 29 heavy (non-hydrogen) atoms. The van der Waals surface area contributed by atoms with Crippen LogP contribution in [0.15, 0.2) is 53.4 Å². The van der Waals surface area contributed by atoms with Gasteiger partial charge in [-0.3, -0.25) is 19.1 Å². The topological polar surface area (TPSA) is 109 Å². The molecule has 0 heterocycles. The third kappa shape index (κ3) is 5.74. The van der Waals surface area contributed by atoms with Crippen molar-refractivity contribution in [2.24, 2.45) is 5.41 Å². The number of amides is 1. The van der Waals surface area contributed by atoms with Crippen LogP contribution in [-0.2, 0) is 14.8 Å². The molecule has 0 aromatic heterocycles. The number of ketones is 2. The Balaban J connectivity index is 2.26. The van der Waals surface area contributed by atoms with E-state index >= 15 is 0 Å². The van der Waals surface area contributed by atoms with Crippen LogP contribution in [-0.4, -0.2) is 32.4 Å². The summed E-state index contributed by atoms with van der Waals surface area (Å²) in [4.78, 5) is 36.0. The average molecular weight is 416 g/mol. The lowest BCUT2D eigenvalue weighted by Gasteiger charge is -2.17. The lowest BCUT2D eigenvalue weighted by Crippen LogP contribution is -2.35. The molecule has 0 saturated carbocycles. The van der Waals surface area contributed by atoms with Gasteiger partial charge in [-0.15, -0.1) is 0 Å². The van der Waals surface area contributed by atoms with E-state index in [1.807, 2.05) is 0 Å². The first-order chi connectivity index (χ1) is 13.4.